The zero-order chi connectivity index (χ0) is 18.2. The van der Waals surface area contributed by atoms with E-state index in [-0.39, 0.29) is 18.4 Å². The minimum Gasteiger partial charge on any atom is -0.376 e. The van der Waals surface area contributed by atoms with Gasteiger partial charge < -0.3 is 15.5 Å². The summed E-state index contributed by atoms with van der Waals surface area (Å²) in [6.45, 7) is 7.46. The number of carbonyl (C=O) groups is 2. The van der Waals surface area contributed by atoms with Crippen LogP contribution in [0.3, 0.4) is 0 Å². The first-order valence-electron chi connectivity index (χ1n) is 8.53. The largest absolute Gasteiger partial charge is 0.376 e. The number of aryl methyl sites for hydroxylation is 1. The molecular formula is C20H25N3O2. The highest BCUT2D eigenvalue weighted by atomic mass is 16.2. The second-order valence-corrected chi connectivity index (χ2v) is 5.77. The van der Waals surface area contributed by atoms with Crippen LogP contribution in [0.25, 0.3) is 0 Å². The quantitative estimate of drug-likeness (QED) is 0.811. The Morgan fingerprint density at radius 1 is 1.00 bits per heavy atom. The van der Waals surface area contributed by atoms with Gasteiger partial charge in [-0.25, -0.2) is 0 Å². The average Bonchev–Trinajstić information content (AvgIpc) is 2.62. The minimum atomic E-state index is -0.177. The fourth-order valence-electron chi connectivity index (χ4n) is 2.54. The third-order valence-corrected chi connectivity index (χ3v) is 4.08. The van der Waals surface area contributed by atoms with Gasteiger partial charge in [0.2, 0.25) is 5.91 Å². The molecule has 0 aliphatic carbocycles. The molecule has 2 aromatic carbocycles. The second kappa shape index (κ2) is 8.87. The van der Waals surface area contributed by atoms with Crippen LogP contribution in [0.1, 0.15) is 29.8 Å². The maximum absolute atomic E-state index is 12.4. The Balaban J connectivity index is 2.06. The molecule has 2 rings (SSSR count). The normalized spacial score (nSPS) is 10.2. The number of nitrogens with zero attached hydrogens (tertiary/aromatic N) is 1. The van der Waals surface area contributed by atoms with E-state index in [2.05, 4.69) is 10.6 Å². The van der Waals surface area contributed by atoms with Gasteiger partial charge in [-0.15, -0.1) is 0 Å². The Bertz CT molecular complexity index is 725. The standard InChI is InChI=1S/C20H25N3O2/c1-4-23(5-2)19(24)14-21-18-13-16(12-11-15(18)3)20(25)22-17-9-7-6-8-10-17/h6-13,21H,4-5,14H2,1-3H3,(H,22,25). The van der Waals surface area contributed by atoms with Crippen LogP contribution in [0.4, 0.5) is 11.4 Å². The molecule has 0 saturated heterocycles. The molecule has 0 unspecified atom stereocenters. The molecule has 0 atom stereocenters. The lowest BCUT2D eigenvalue weighted by Gasteiger charge is -2.19. The highest BCUT2D eigenvalue weighted by Crippen LogP contribution is 2.18. The molecule has 0 fully saturated rings. The summed E-state index contributed by atoms with van der Waals surface area (Å²) in [6, 6.07) is 14.8. The number of para-hydroxylation sites is 1. The molecule has 2 N–H and O–H groups in total. The van der Waals surface area contributed by atoms with Crippen LogP contribution in [-0.4, -0.2) is 36.3 Å². The first kappa shape index (κ1) is 18.5. The van der Waals surface area contributed by atoms with Crippen LogP contribution in [0.5, 0.6) is 0 Å². The maximum Gasteiger partial charge on any atom is 0.255 e. The molecule has 0 spiro atoms. The number of likely N-dealkylation sites (N-methyl/N-ethyl adjacent to an activating group) is 1. The monoisotopic (exact) mass is 339 g/mol. The van der Waals surface area contributed by atoms with Crippen LogP contribution >= 0.6 is 0 Å². The van der Waals surface area contributed by atoms with Gasteiger partial charge in [0.15, 0.2) is 0 Å². The SMILES string of the molecule is CCN(CC)C(=O)CNc1cc(C(=O)Nc2ccccc2)ccc1C. The molecule has 0 heterocycles. The summed E-state index contributed by atoms with van der Waals surface area (Å²) in [5.74, 6) is -0.132. The van der Waals surface area contributed by atoms with Gasteiger partial charge in [0.1, 0.15) is 0 Å². The van der Waals surface area contributed by atoms with E-state index in [1.54, 1.807) is 17.0 Å². The van der Waals surface area contributed by atoms with Gasteiger partial charge in [0.25, 0.3) is 5.91 Å². The summed E-state index contributed by atoms with van der Waals surface area (Å²) in [5, 5.41) is 6.01. The molecule has 132 valence electrons. The Hall–Kier alpha value is -2.82. The lowest BCUT2D eigenvalue weighted by atomic mass is 10.1. The van der Waals surface area contributed by atoms with Crippen molar-refractivity contribution in [3.63, 3.8) is 0 Å². The smallest absolute Gasteiger partial charge is 0.255 e. The van der Waals surface area contributed by atoms with Gasteiger partial charge >= 0.3 is 0 Å². The highest BCUT2D eigenvalue weighted by molar-refractivity contribution is 6.05. The molecule has 2 amide bonds. The molecule has 0 bridgehead atoms. The third kappa shape index (κ3) is 5.08. The van der Waals surface area contributed by atoms with Crippen molar-refractivity contribution in [2.75, 3.05) is 30.3 Å². The number of amides is 2. The lowest BCUT2D eigenvalue weighted by Crippen LogP contribution is -2.35. The van der Waals surface area contributed by atoms with Gasteiger partial charge in [-0.05, 0) is 50.6 Å². The number of rotatable bonds is 7. The van der Waals surface area contributed by atoms with Crippen LogP contribution in [-0.2, 0) is 4.79 Å². The van der Waals surface area contributed by atoms with E-state index >= 15 is 0 Å². The van der Waals surface area contributed by atoms with Gasteiger partial charge in [-0.1, -0.05) is 24.3 Å². The van der Waals surface area contributed by atoms with E-state index in [4.69, 9.17) is 0 Å². The summed E-state index contributed by atoms with van der Waals surface area (Å²) < 4.78 is 0. The molecule has 2 aromatic rings. The number of benzene rings is 2. The van der Waals surface area contributed by atoms with Crippen molar-refractivity contribution < 1.29 is 9.59 Å². The Morgan fingerprint density at radius 3 is 2.32 bits per heavy atom. The number of anilines is 2. The van der Waals surface area contributed by atoms with Crippen LogP contribution < -0.4 is 10.6 Å². The molecule has 0 aromatic heterocycles. The summed E-state index contributed by atoms with van der Waals surface area (Å²) in [5.41, 5.74) is 3.08. The molecule has 5 nitrogen and oxygen atoms in total. The van der Waals surface area contributed by atoms with Gasteiger partial charge in [0.05, 0.1) is 6.54 Å². The predicted octanol–water partition coefficient (Wildman–Crippen LogP) is 3.53. The third-order valence-electron chi connectivity index (χ3n) is 4.08. The fraction of sp³-hybridized carbons (Fsp3) is 0.300. The highest BCUT2D eigenvalue weighted by Gasteiger charge is 2.12. The van der Waals surface area contributed by atoms with E-state index in [0.29, 0.717) is 18.7 Å². The zero-order valence-electron chi connectivity index (χ0n) is 15.0. The number of hydrogen-bond acceptors (Lipinski definition) is 3. The first-order valence-corrected chi connectivity index (χ1v) is 8.53. The molecule has 0 saturated carbocycles. The molecular weight excluding hydrogens is 314 g/mol. The van der Waals surface area contributed by atoms with E-state index < -0.39 is 0 Å². The molecule has 5 heteroatoms. The summed E-state index contributed by atoms with van der Waals surface area (Å²) in [6.07, 6.45) is 0. The topological polar surface area (TPSA) is 61.4 Å². The zero-order valence-corrected chi connectivity index (χ0v) is 15.0. The summed E-state index contributed by atoms with van der Waals surface area (Å²) in [4.78, 5) is 26.3. The van der Waals surface area contributed by atoms with E-state index in [1.807, 2.05) is 57.2 Å². The Kier molecular flexibility index (Phi) is 6.57. The van der Waals surface area contributed by atoms with Crippen molar-refractivity contribution >= 4 is 23.2 Å². The van der Waals surface area contributed by atoms with E-state index in [9.17, 15) is 9.59 Å². The minimum absolute atomic E-state index is 0.0449. The molecule has 0 radical (unpaired) electrons. The Labute approximate surface area is 149 Å². The van der Waals surface area contributed by atoms with Gasteiger partial charge in [-0.3, -0.25) is 9.59 Å². The fourth-order valence-corrected chi connectivity index (χ4v) is 2.54. The van der Waals surface area contributed by atoms with Gasteiger partial charge in [-0.2, -0.15) is 0 Å². The van der Waals surface area contributed by atoms with Crippen molar-refractivity contribution in [3.8, 4) is 0 Å². The van der Waals surface area contributed by atoms with Crippen molar-refractivity contribution in [1.82, 2.24) is 4.90 Å². The maximum atomic E-state index is 12.4. The van der Waals surface area contributed by atoms with Crippen LogP contribution in [0.2, 0.25) is 0 Å². The first-order chi connectivity index (χ1) is 12.0. The van der Waals surface area contributed by atoms with E-state index in [0.717, 1.165) is 16.9 Å². The van der Waals surface area contributed by atoms with Crippen LogP contribution in [0.15, 0.2) is 48.5 Å². The van der Waals surface area contributed by atoms with Crippen molar-refractivity contribution in [3.05, 3.63) is 59.7 Å². The van der Waals surface area contributed by atoms with Crippen molar-refractivity contribution in [2.45, 2.75) is 20.8 Å². The Morgan fingerprint density at radius 2 is 1.68 bits per heavy atom. The summed E-state index contributed by atoms with van der Waals surface area (Å²) >= 11 is 0. The lowest BCUT2D eigenvalue weighted by molar-refractivity contribution is -0.128. The van der Waals surface area contributed by atoms with Crippen molar-refractivity contribution in [2.24, 2.45) is 0 Å². The number of hydrogen-bond donors (Lipinski definition) is 2. The van der Waals surface area contributed by atoms with Gasteiger partial charge in [0, 0.05) is 30.0 Å². The summed E-state index contributed by atoms with van der Waals surface area (Å²) in [7, 11) is 0. The van der Waals surface area contributed by atoms with Crippen molar-refractivity contribution in [1.29, 1.82) is 0 Å². The van der Waals surface area contributed by atoms with E-state index in [1.165, 1.54) is 0 Å². The number of carbonyl (C=O) groups excluding carboxylic acids is 2. The second-order valence-electron chi connectivity index (χ2n) is 5.77. The average molecular weight is 339 g/mol. The molecule has 25 heavy (non-hydrogen) atoms. The predicted molar refractivity (Wildman–Crippen MR) is 102 cm³/mol. The number of nitrogens with one attached hydrogen (secondary N) is 2. The van der Waals surface area contributed by atoms with Crippen LogP contribution in [0, 0.1) is 6.92 Å². The molecule has 0 aliphatic rings. The molecule has 0 aliphatic heterocycles.